The first-order valence-electron chi connectivity index (χ1n) is 8.39. The van der Waals surface area contributed by atoms with Crippen LogP contribution in [0.15, 0.2) is 42.1 Å². The van der Waals surface area contributed by atoms with Crippen molar-refractivity contribution >= 4 is 28.5 Å². The van der Waals surface area contributed by atoms with Gasteiger partial charge in [0.25, 0.3) is 0 Å². The molecular formula is C20H20ClNO2. The molecule has 0 radical (unpaired) electrons. The Morgan fingerprint density at radius 1 is 1.38 bits per heavy atom. The lowest BCUT2D eigenvalue weighted by atomic mass is 9.48. The number of fused-ring (bicyclic) bond motifs is 2. The molecule has 2 aromatic rings. The van der Waals surface area contributed by atoms with Gasteiger partial charge in [0.15, 0.2) is 0 Å². The van der Waals surface area contributed by atoms with Gasteiger partial charge in [0.1, 0.15) is 5.75 Å². The Labute approximate surface area is 146 Å². The van der Waals surface area contributed by atoms with Crippen LogP contribution in [0.2, 0.25) is 5.02 Å². The molecular weight excluding hydrogens is 322 g/mol. The molecule has 0 aliphatic heterocycles. The van der Waals surface area contributed by atoms with E-state index in [1.807, 2.05) is 6.07 Å². The molecule has 24 heavy (non-hydrogen) atoms. The predicted molar refractivity (Wildman–Crippen MR) is 95.1 cm³/mol. The lowest BCUT2D eigenvalue weighted by Gasteiger charge is -2.56. The van der Waals surface area contributed by atoms with Gasteiger partial charge in [0.05, 0.1) is 11.9 Å². The molecule has 1 fully saturated rings. The van der Waals surface area contributed by atoms with Crippen LogP contribution in [0.25, 0.3) is 10.9 Å². The molecule has 0 amide bonds. The Morgan fingerprint density at radius 3 is 2.96 bits per heavy atom. The largest absolute Gasteiger partial charge is 0.426 e. The van der Waals surface area contributed by atoms with Crippen LogP contribution >= 0.6 is 11.6 Å². The smallest absolute Gasteiger partial charge is 0.315 e. The van der Waals surface area contributed by atoms with Crippen LogP contribution in [0.3, 0.4) is 0 Å². The topological polar surface area (TPSA) is 39.2 Å². The number of carbonyl (C=O) groups is 1. The average molecular weight is 342 g/mol. The van der Waals surface area contributed by atoms with Crippen LogP contribution in [0.1, 0.15) is 33.1 Å². The van der Waals surface area contributed by atoms with Crippen LogP contribution in [0.4, 0.5) is 0 Å². The number of rotatable bonds is 3. The van der Waals surface area contributed by atoms with Gasteiger partial charge in [0, 0.05) is 16.6 Å². The van der Waals surface area contributed by atoms with Gasteiger partial charge in [-0.15, -0.1) is 0 Å². The number of aromatic nitrogens is 1. The van der Waals surface area contributed by atoms with Crippen LogP contribution < -0.4 is 4.74 Å². The molecule has 0 saturated heterocycles. The van der Waals surface area contributed by atoms with Crippen molar-refractivity contribution in [3.63, 3.8) is 0 Å². The zero-order valence-corrected chi connectivity index (χ0v) is 14.6. The third-order valence-electron chi connectivity index (χ3n) is 5.82. The van der Waals surface area contributed by atoms with Crippen molar-refractivity contribution in [3.05, 3.63) is 47.1 Å². The minimum absolute atomic E-state index is 0.204. The van der Waals surface area contributed by atoms with E-state index < -0.39 is 0 Å². The number of pyridine rings is 1. The zero-order valence-electron chi connectivity index (χ0n) is 13.9. The quantitative estimate of drug-likeness (QED) is 0.570. The highest BCUT2D eigenvalue weighted by Gasteiger charge is 2.51. The van der Waals surface area contributed by atoms with E-state index in [1.165, 1.54) is 12.0 Å². The van der Waals surface area contributed by atoms with Crippen LogP contribution in [0, 0.1) is 17.3 Å². The second-order valence-electron chi connectivity index (χ2n) is 7.44. The van der Waals surface area contributed by atoms with Gasteiger partial charge in [-0.25, -0.2) is 0 Å². The summed E-state index contributed by atoms with van der Waals surface area (Å²) in [6, 6.07) is 7.12. The summed E-state index contributed by atoms with van der Waals surface area (Å²) in [7, 11) is 0. The molecule has 1 heterocycles. The molecule has 5 rings (SSSR count). The van der Waals surface area contributed by atoms with E-state index in [9.17, 15) is 4.79 Å². The van der Waals surface area contributed by atoms with Gasteiger partial charge in [0.2, 0.25) is 0 Å². The fraction of sp³-hybridized carbons (Fsp3) is 0.400. The van der Waals surface area contributed by atoms with Crippen LogP contribution in [-0.2, 0) is 4.79 Å². The third-order valence-corrected chi connectivity index (χ3v) is 6.05. The molecule has 3 nitrogen and oxygen atoms in total. The van der Waals surface area contributed by atoms with Crippen molar-refractivity contribution < 1.29 is 9.53 Å². The Bertz CT molecular complexity index is 856. The second-order valence-corrected chi connectivity index (χ2v) is 7.88. The number of esters is 1. The zero-order chi connectivity index (χ0) is 16.9. The van der Waals surface area contributed by atoms with E-state index in [0.29, 0.717) is 28.5 Å². The van der Waals surface area contributed by atoms with Crippen molar-refractivity contribution in [2.75, 3.05) is 0 Å². The summed E-state index contributed by atoms with van der Waals surface area (Å²) < 4.78 is 5.64. The minimum atomic E-state index is -0.204. The summed E-state index contributed by atoms with van der Waals surface area (Å²) in [6.45, 7) is 4.62. The van der Waals surface area contributed by atoms with Crippen molar-refractivity contribution in [2.45, 2.75) is 33.1 Å². The highest BCUT2D eigenvalue weighted by Crippen LogP contribution is 2.59. The minimum Gasteiger partial charge on any atom is -0.426 e. The molecule has 2 atom stereocenters. The lowest BCUT2D eigenvalue weighted by Crippen LogP contribution is -2.48. The van der Waals surface area contributed by atoms with Crippen molar-refractivity contribution in [1.29, 1.82) is 0 Å². The number of carbonyl (C=O) groups excluding carboxylic acids is 1. The van der Waals surface area contributed by atoms with E-state index in [2.05, 4.69) is 24.9 Å². The van der Waals surface area contributed by atoms with Gasteiger partial charge >= 0.3 is 5.97 Å². The van der Waals surface area contributed by atoms with E-state index >= 15 is 0 Å². The Morgan fingerprint density at radius 2 is 2.21 bits per heavy atom. The third kappa shape index (κ3) is 2.51. The van der Waals surface area contributed by atoms with Crippen molar-refractivity contribution in [3.8, 4) is 5.75 Å². The van der Waals surface area contributed by atoms with Crippen molar-refractivity contribution in [1.82, 2.24) is 4.98 Å². The molecule has 124 valence electrons. The maximum absolute atomic E-state index is 12.5. The number of benzene rings is 1. The summed E-state index contributed by atoms with van der Waals surface area (Å²) >= 11 is 6.00. The van der Waals surface area contributed by atoms with E-state index in [1.54, 1.807) is 24.4 Å². The van der Waals surface area contributed by atoms with Crippen LogP contribution in [0.5, 0.6) is 5.75 Å². The van der Waals surface area contributed by atoms with E-state index in [0.717, 1.165) is 23.2 Å². The number of hydrogen-bond donors (Lipinski definition) is 0. The summed E-state index contributed by atoms with van der Waals surface area (Å²) in [4.78, 5) is 16.7. The molecule has 4 heteroatoms. The van der Waals surface area contributed by atoms with Gasteiger partial charge < -0.3 is 4.74 Å². The summed E-state index contributed by atoms with van der Waals surface area (Å²) in [5.41, 5.74) is 2.30. The van der Waals surface area contributed by atoms with E-state index in [4.69, 9.17) is 16.3 Å². The molecule has 3 aliphatic carbocycles. The second kappa shape index (κ2) is 5.59. The summed E-state index contributed by atoms with van der Waals surface area (Å²) in [6.07, 6.45) is 6.56. The van der Waals surface area contributed by atoms with E-state index in [-0.39, 0.29) is 5.97 Å². The summed E-state index contributed by atoms with van der Waals surface area (Å²) in [5, 5.41) is 1.42. The SMILES string of the molecule is CC1(C)C2CC=C(CC(=O)Oc3ccnc4cc(Cl)ccc34)[C@@H]1C2. The number of nitrogens with zero attached hydrogens (tertiary/aromatic N) is 1. The van der Waals surface area contributed by atoms with Gasteiger partial charge in [-0.3, -0.25) is 9.78 Å². The maximum atomic E-state index is 12.5. The number of ether oxygens (including phenoxy) is 1. The fourth-order valence-electron chi connectivity index (χ4n) is 4.19. The predicted octanol–water partition coefficient (Wildman–Crippen LogP) is 5.18. The molecule has 1 aromatic heterocycles. The van der Waals surface area contributed by atoms with Gasteiger partial charge in [-0.05, 0) is 54.4 Å². The number of halogens is 1. The molecule has 1 unspecified atom stereocenters. The Kier molecular flexibility index (Phi) is 3.65. The van der Waals surface area contributed by atoms with Gasteiger partial charge in [-0.2, -0.15) is 0 Å². The number of hydrogen-bond acceptors (Lipinski definition) is 3. The normalized spacial score (nSPS) is 24.2. The maximum Gasteiger partial charge on any atom is 0.315 e. The molecule has 0 N–H and O–H groups in total. The molecule has 1 aromatic carbocycles. The Balaban J connectivity index is 1.52. The first kappa shape index (κ1) is 15.6. The van der Waals surface area contributed by atoms with Gasteiger partial charge in [-0.1, -0.05) is 37.1 Å². The van der Waals surface area contributed by atoms with Crippen LogP contribution in [-0.4, -0.2) is 11.0 Å². The first-order valence-corrected chi connectivity index (χ1v) is 8.77. The monoisotopic (exact) mass is 341 g/mol. The number of allylic oxidation sites excluding steroid dienone is 1. The van der Waals surface area contributed by atoms with Crippen molar-refractivity contribution in [2.24, 2.45) is 17.3 Å². The fourth-order valence-corrected chi connectivity index (χ4v) is 4.35. The molecule has 2 bridgehead atoms. The lowest BCUT2D eigenvalue weighted by molar-refractivity contribution is -0.134. The average Bonchev–Trinajstić information content (AvgIpc) is 2.54. The first-order chi connectivity index (χ1) is 11.4. The highest BCUT2D eigenvalue weighted by atomic mass is 35.5. The molecule has 1 saturated carbocycles. The highest BCUT2D eigenvalue weighted by molar-refractivity contribution is 6.31. The summed E-state index contributed by atoms with van der Waals surface area (Å²) in [5.74, 6) is 1.64. The molecule has 3 aliphatic rings. The molecule has 0 spiro atoms. The standard InChI is InChI=1S/C20H20ClNO2/c1-20(2)13-4-3-12(16(20)10-13)9-19(23)24-18-7-8-22-17-11-14(21)5-6-15(17)18/h3,5-8,11,13,16H,4,9-10H2,1-2H3/t13?,16-/m0/s1. The Hall–Kier alpha value is -1.87.